The van der Waals surface area contributed by atoms with Gasteiger partial charge in [0.2, 0.25) is 0 Å². The number of ether oxygens (including phenoxy) is 1. The zero-order chi connectivity index (χ0) is 13.0. The minimum absolute atomic E-state index is 0.611. The van der Waals surface area contributed by atoms with E-state index in [-0.39, 0.29) is 0 Å². The third kappa shape index (κ3) is 2.47. The van der Waals surface area contributed by atoms with Crippen LogP contribution in [0.3, 0.4) is 0 Å². The summed E-state index contributed by atoms with van der Waals surface area (Å²) in [5.74, 6) is 0.817. The van der Waals surface area contributed by atoms with Crippen molar-refractivity contribution in [3.05, 3.63) is 42.0 Å². The van der Waals surface area contributed by atoms with Crippen molar-refractivity contribution < 1.29 is 4.74 Å². The summed E-state index contributed by atoms with van der Waals surface area (Å²) in [5.41, 5.74) is 2.48. The fourth-order valence-electron chi connectivity index (χ4n) is 1.60. The SMILES string of the molecule is COc1ccc(-c2ccc(C#N)c(SC)n2)cc1. The molecule has 4 heteroatoms. The summed E-state index contributed by atoms with van der Waals surface area (Å²) in [6.45, 7) is 0. The van der Waals surface area contributed by atoms with Gasteiger partial charge in [0.1, 0.15) is 16.8 Å². The molecule has 1 aromatic carbocycles. The van der Waals surface area contributed by atoms with E-state index in [1.807, 2.05) is 36.6 Å². The van der Waals surface area contributed by atoms with Gasteiger partial charge in [-0.2, -0.15) is 5.26 Å². The lowest BCUT2D eigenvalue weighted by atomic mass is 10.1. The molecular formula is C14H12N2OS. The van der Waals surface area contributed by atoms with Crippen LogP contribution in [-0.4, -0.2) is 18.3 Å². The van der Waals surface area contributed by atoms with Gasteiger partial charge in [-0.05, 0) is 42.7 Å². The monoisotopic (exact) mass is 256 g/mol. The highest BCUT2D eigenvalue weighted by Gasteiger charge is 2.06. The maximum absolute atomic E-state index is 8.96. The Bertz CT molecular complexity index is 588. The van der Waals surface area contributed by atoms with Gasteiger partial charge in [-0.3, -0.25) is 0 Å². The van der Waals surface area contributed by atoms with Crippen LogP contribution >= 0.6 is 11.8 Å². The average Bonchev–Trinajstić information content (AvgIpc) is 2.46. The van der Waals surface area contributed by atoms with Crippen molar-refractivity contribution in [2.24, 2.45) is 0 Å². The first-order valence-corrected chi connectivity index (χ1v) is 6.60. The van der Waals surface area contributed by atoms with E-state index in [9.17, 15) is 0 Å². The van der Waals surface area contributed by atoms with Crippen LogP contribution in [0.1, 0.15) is 5.56 Å². The van der Waals surface area contributed by atoms with Gasteiger partial charge in [0.05, 0.1) is 18.4 Å². The maximum Gasteiger partial charge on any atom is 0.118 e. The summed E-state index contributed by atoms with van der Waals surface area (Å²) >= 11 is 1.48. The lowest BCUT2D eigenvalue weighted by Crippen LogP contribution is -1.90. The number of pyridine rings is 1. The van der Waals surface area contributed by atoms with Gasteiger partial charge in [0, 0.05) is 5.56 Å². The molecule has 18 heavy (non-hydrogen) atoms. The second kappa shape index (κ2) is 5.56. The van der Waals surface area contributed by atoms with Crippen molar-refractivity contribution in [3.8, 4) is 23.1 Å². The zero-order valence-corrected chi connectivity index (χ0v) is 11.0. The molecule has 0 bridgehead atoms. The van der Waals surface area contributed by atoms with Gasteiger partial charge in [-0.1, -0.05) is 0 Å². The zero-order valence-electron chi connectivity index (χ0n) is 10.2. The van der Waals surface area contributed by atoms with Gasteiger partial charge < -0.3 is 4.74 Å². The Morgan fingerprint density at radius 1 is 1.17 bits per heavy atom. The highest BCUT2D eigenvalue weighted by Crippen LogP contribution is 2.25. The van der Waals surface area contributed by atoms with Gasteiger partial charge >= 0.3 is 0 Å². The molecule has 0 N–H and O–H groups in total. The number of nitrogens with zero attached hydrogens (tertiary/aromatic N) is 2. The minimum Gasteiger partial charge on any atom is -0.497 e. The molecule has 1 heterocycles. The summed E-state index contributed by atoms with van der Waals surface area (Å²) in [6, 6.07) is 13.5. The molecule has 0 aliphatic rings. The molecule has 3 nitrogen and oxygen atoms in total. The molecule has 2 rings (SSSR count). The molecule has 0 fully saturated rings. The first-order valence-electron chi connectivity index (χ1n) is 5.38. The maximum atomic E-state index is 8.96. The van der Waals surface area contributed by atoms with Crippen molar-refractivity contribution >= 4 is 11.8 Å². The van der Waals surface area contributed by atoms with Crippen molar-refractivity contribution in [1.29, 1.82) is 5.26 Å². The van der Waals surface area contributed by atoms with Crippen LogP contribution in [0, 0.1) is 11.3 Å². The van der Waals surface area contributed by atoms with Crippen molar-refractivity contribution in [1.82, 2.24) is 4.98 Å². The molecule has 0 aliphatic carbocycles. The second-order valence-corrected chi connectivity index (χ2v) is 4.39. The molecule has 0 amide bonds. The summed E-state index contributed by atoms with van der Waals surface area (Å²) in [7, 11) is 1.64. The topological polar surface area (TPSA) is 45.9 Å². The van der Waals surface area contributed by atoms with Crippen LogP contribution in [-0.2, 0) is 0 Å². The summed E-state index contributed by atoms with van der Waals surface area (Å²) < 4.78 is 5.12. The molecule has 0 radical (unpaired) electrons. The Balaban J connectivity index is 2.41. The fourth-order valence-corrected chi connectivity index (χ4v) is 2.13. The Labute approximate surface area is 110 Å². The largest absolute Gasteiger partial charge is 0.497 e. The number of nitriles is 1. The van der Waals surface area contributed by atoms with Crippen LogP contribution in [0.2, 0.25) is 0 Å². The molecule has 0 unspecified atom stereocenters. The van der Waals surface area contributed by atoms with Gasteiger partial charge in [-0.15, -0.1) is 11.8 Å². The third-order valence-electron chi connectivity index (χ3n) is 2.56. The number of rotatable bonds is 3. The molecular weight excluding hydrogens is 244 g/mol. The number of benzene rings is 1. The van der Waals surface area contributed by atoms with Crippen LogP contribution in [0.25, 0.3) is 11.3 Å². The number of aromatic nitrogens is 1. The molecule has 90 valence electrons. The Hall–Kier alpha value is -1.99. The average molecular weight is 256 g/mol. The molecule has 0 aliphatic heterocycles. The quantitative estimate of drug-likeness (QED) is 0.790. The van der Waals surface area contributed by atoms with Crippen LogP contribution in [0.4, 0.5) is 0 Å². The highest BCUT2D eigenvalue weighted by molar-refractivity contribution is 7.98. The second-order valence-electron chi connectivity index (χ2n) is 3.59. The van der Waals surface area contributed by atoms with Crippen molar-refractivity contribution in [3.63, 3.8) is 0 Å². The molecule has 0 saturated carbocycles. The molecule has 0 atom stereocenters. The number of thioether (sulfide) groups is 1. The molecule has 1 aromatic heterocycles. The standard InChI is InChI=1S/C14H12N2OS/c1-17-12-6-3-10(4-7-12)13-8-5-11(9-15)14(16-13)18-2/h3-8H,1-2H3. The van der Waals surface area contributed by atoms with Crippen LogP contribution in [0.5, 0.6) is 5.75 Å². The Morgan fingerprint density at radius 3 is 2.44 bits per heavy atom. The summed E-state index contributed by atoms with van der Waals surface area (Å²) in [6.07, 6.45) is 1.92. The molecule has 0 spiro atoms. The summed E-state index contributed by atoms with van der Waals surface area (Å²) in [5, 5.41) is 9.71. The Kier molecular flexibility index (Phi) is 3.85. The molecule has 2 aromatic rings. The van der Waals surface area contributed by atoms with E-state index >= 15 is 0 Å². The van der Waals surface area contributed by atoms with Gasteiger partial charge in [0.15, 0.2) is 0 Å². The van der Waals surface area contributed by atoms with Crippen molar-refractivity contribution in [2.75, 3.05) is 13.4 Å². The number of hydrogen-bond acceptors (Lipinski definition) is 4. The van der Waals surface area contributed by atoms with E-state index in [0.29, 0.717) is 5.56 Å². The Morgan fingerprint density at radius 2 is 1.89 bits per heavy atom. The van der Waals surface area contributed by atoms with Crippen LogP contribution in [0.15, 0.2) is 41.4 Å². The lowest BCUT2D eigenvalue weighted by molar-refractivity contribution is 0.415. The van der Waals surface area contributed by atoms with E-state index in [4.69, 9.17) is 10.00 Å². The van der Waals surface area contributed by atoms with E-state index in [1.54, 1.807) is 13.2 Å². The first kappa shape index (κ1) is 12.5. The highest BCUT2D eigenvalue weighted by atomic mass is 32.2. The van der Waals surface area contributed by atoms with E-state index in [1.165, 1.54) is 11.8 Å². The van der Waals surface area contributed by atoms with E-state index in [2.05, 4.69) is 11.1 Å². The summed E-state index contributed by atoms with van der Waals surface area (Å²) in [4.78, 5) is 4.49. The number of hydrogen-bond donors (Lipinski definition) is 0. The van der Waals surface area contributed by atoms with E-state index in [0.717, 1.165) is 22.0 Å². The van der Waals surface area contributed by atoms with E-state index < -0.39 is 0 Å². The van der Waals surface area contributed by atoms with Gasteiger partial charge in [-0.25, -0.2) is 4.98 Å². The predicted molar refractivity (Wildman–Crippen MR) is 72.7 cm³/mol. The number of methoxy groups -OCH3 is 1. The van der Waals surface area contributed by atoms with Crippen molar-refractivity contribution in [2.45, 2.75) is 5.03 Å². The fraction of sp³-hybridized carbons (Fsp3) is 0.143. The smallest absolute Gasteiger partial charge is 0.118 e. The van der Waals surface area contributed by atoms with Gasteiger partial charge in [0.25, 0.3) is 0 Å². The third-order valence-corrected chi connectivity index (χ3v) is 3.26. The minimum atomic E-state index is 0.611. The predicted octanol–water partition coefficient (Wildman–Crippen LogP) is 3.35. The normalized spacial score (nSPS) is 9.83. The first-order chi connectivity index (χ1) is 8.78. The molecule has 0 saturated heterocycles. The van der Waals surface area contributed by atoms with Crippen LogP contribution < -0.4 is 4.74 Å². The lowest BCUT2D eigenvalue weighted by Gasteiger charge is -2.05.